The van der Waals surface area contributed by atoms with E-state index in [2.05, 4.69) is 16.9 Å². The molecule has 3 heteroatoms. The molecule has 3 nitrogen and oxygen atoms in total. The molecule has 0 radical (unpaired) electrons. The van der Waals surface area contributed by atoms with Crippen molar-refractivity contribution in [2.75, 3.05) is 20.1 Å². The normalized spacial score (nSPS) is 21.5. The van der Waals surface area contributed by atoms with Crippen molar-refractivity contribution in [3.05, 3.63) is 30.1 Å². The molecule has 0 aromatic carbocycles. The molecule has 1 atom stereocenters. The van der Waals surface area contributed by atoms with E-state index < -0.39 is 0 Å². The van der Waals surface area contributed by atoms with E-state index in [0.29, 0.717) is 5.92 Å². The average molecular weight is 205 g/mol. The Kier molecular flexibility index (Phi) is 3.34. The van der Waals surface area contributed by atoms with Crippen LogP contribution in [0.3, 0.4) is 0 Å². The smallest absolute Gasteiger partial charge is 0.0325 e. The van der Waals surface area contributed by atoms with Gasteiger partial charge in [0.15, 0.2) is 0 Å². The number of hydrogen-bond acceptors (Lipinski definition) is 3. The molecule has 82 valence electrons. The van der Waals surface area contributed by atoms with Crippen LogP contribution in [0.5, 0.6) is 0 Å². The van der Waals surface area contributed by atoms with Crippen molar-refractivity contribution in [3.63, 3.8) is 0 Å². The molecule has 1 aromatic heterocycles. The zero-order valence-corrected chi connectivity index (χ0v) is 9.26. The standard InChI is InChI=1S/C12H19N3/c1-15-8-4-11(5-9-15)12(13)10-2-6-14-7-3-10/h2-3,6-7,11-12H,4-5,8-9,13H2,1H3. The van der Waals surface area contributed by atoms with E-state index in [0.717, 1.165) is 0 Å². The second kappa shape index (κ2) is 4.73. The van der Waals surface area contributed by atoms with Crippen LogP contribution in [0, 0.1) is 5.92 Å². The Hall–Kier alpha value is -0.930. The molecule has 1 aromatic rings. The summed E-state index contributed by atoms with van der Waals surface area (Å²) in [6.07, 6.45) is 6.06. The number of piperidine rings is 1. The minimum atomic E-state index is 0.182. The van der Waals surface area contributed by atoms with Crippen molar-refractivity contribution in [1.29, 1.82) is 0 Å². The number of rotatable bonds is 2. The van der Waals surface area contributed by atoms with Gasteiger partial charge in [0, 0.05) is 18.4 Å². The second-order valence-electron chi connectivity index (χ2n) is 4.45. The lowest BCUT2D eigenvalue weighted by Crippen LogP contribution is -2.35. The first-order valence-corrected chi connectivity index (χ1v) is 5.61. The molecule has 1 saturated heterocycles. The SMILES string of the molecule is CN1CCC(C(N)c2ccncc2)CC1. The number of likely N-dealkylation sites (tertiary alicyclic amines) is 1. The van der Waals surface area contributed by atoms with Crippen LogP contribution in [-0.4, -0.2) is 30.0 Å². The van der Waals surface area contributed by atoms with Gasteiger partial charge < -0.3 is 10.6 Å². The second-order valence-corrected chi connectivity index (χ2v) is 4.45. The van der Waals surface area contributed by atoms with Crippen molar-refractivity contribution in [1.82, 2.24) is 9.88 Å². The van der Waals surface area contributed by atoms with E-state index in [4.69, 9.17) is 5.73 Å². The van der Waals surface area contributed by atoms with Crippen molar-refractivity contribution in [2.24, 2.45) is 11.7 Å². The van der Waals surface area contributed by atoms with Gasteiger partial charge in [-0.25, -0.2) is 0 Å². The van der Waals surface area contributed by atoms with Crippen LogP contribution in [-0.2, 0) is 0 Å². The van der Waals surface area contributed by atoms with Gasteiger partial charge in [0.2, 0.25) is 0 Å². The Balaban J connectivity index is 1.99. The Morgan fingerprint density at radius 2 is 1.93 bits per heavy atom. The third-order valence-corrected chi connectivity index (χ3v) is 3.36. The van der Waals surface area contributed by atoms with Gasteiger partial charge in [-0.1, -0.05) is 0 Å². The maximum Gasteiger partial charge on any atom is 0.0325 e. The lowest BCUT2D eigenvalue weighted by Gasteiger charge is -2.32. The van der Waals surface area contributed by atoms with Crippen LogP contribution in [0.1, 0.15) is 24.4 Å². The number of pyridine rings is 1. The predicted octanol–water partition coefficient (Wildman–Crippen LogP) is 1.42. The van der Waals surface area contributed by atoms with E-state index in [9.17, 15) is 0 Å². The number of hydrogen-bond donors (Lipinski definition) is 1. The minimum absolute atomic E-state index is 0.182. The summed E-state index contributed by atoms with van der Waals surface area (Å²) in [4.78, 5) is 6.39. The molecule has 2 rings (SSSR count). The molecule has 0 bridgehead atoms. The van der Waals surface area contributed by atoms with E-state index in [1.165, 1.54) is 31.5 Å². The molecule has 0 saturated carbocycles. The Labute approximate surface area is 91.3 Å². The van der Waals surface area contributed by atoms with E-state index in [-0.39, 0.29) is 6.04 Å². The summed E-state index contributed by atoms with van der Waals surface area (Å²) in [5, 5.41) is 0. The first-order chi connectivity index (χ1) is 7.27. The van der Waals surface area contributed by atoms with Crippen LogP contribution in [0.15, 0.2) is 24.5 Å². The highest BCUT2D eigenvalue weighted by molar-refractivity contribution is 5.15. The molecule has 0 amide bonds. The Morgan fingerprint density at radius 3 is 2.53 bits per heavy atom. The van der Waals surface area contributed by atoms with E-state index in [1.54, 1.807) is 0 Å². The fourth-order valence-corrected chi connectivity index (χ4v) is 2.25. The van der Waals surface area contributed by atoms with Gasteiger partial charge in [0.25, 0.3) is 0 Å². The molecule has 2 N–H and O–H groups in total. The monoisotopic (exact) mass is 205 g/mol. The maximum absolute atomic E-state index is 6.27. The number of nitrogens with zero attached hydrogens (tertiary/aromatic N) is 2. The van der Waals surface area contributed by atoms with Crippen molar-refractivity contribution in [2.45, 2.75) is 18.9 Å². The highest BCUT2D eigenvalue weighted by atomic mass is 15.1. The molecular formula is C12H19N3. The first-order valence-electron chi connectivity index (χ1n) is 5.61. The van der Waals surface area contributed by atoms with Gasteiger partial charge in [-0.15, -0.1) is 0 Å². The number of nitrogens with two attached hydrogens (primary N) is 1. The molecule has 0 spiro atoms. The molecule has 1 aliphatic heterocycles. The third kappa shape index (κ3) is 2.55. The van der Waals surface area contributed by atoms with Gasteiger partial charge in [-0.3, -0.25) is 4.98 Å². The minimum Gasteiger partial charge on any atom is -0.324 e. The first kappa shape index (κ1) is 10.6. The van der Waals surface area contributed by atoms with Crippen molar-refractivity contribution >= 4 is 0 Å². The molecule has 0 aliphatic carbocycles. The van der Waals surface area contributed by atoms with Gasteiger partial charge in [0.05, 0.1) is 0 Å². The summed E-state index contributed by atoms with van der Waals surface area (Å²) in [6.45, 7) is 2.34. The van der Waals surface area contributed by atoms with Crippen LogP contribution in [0.4, 0.5) is 0 Å². The van der Waals surface area contributed by atoms with Crippen molar-refractivity contribution in [3.8, 4) is 0 Å². The van der Waals surface area contributed by atoms with Gasteiger partial charge >= 0.3 is 0 Å². The summed E-state index contributed by atoms with van der Waals surface area (Å²) in [7, 11) is 2.17. The lowest BCUT2D eigenvalue weighted by molar-refractivity contribution is 0.199. The summed E-state index contributed by atoms with van der Waals surface area (Å²) in [5.74, 6) is 0.628. The molecule has 1 aliphatic rings. The predicted molar refractivity (Wildman–Crippen MR) is 61.4 cm³/mol. The summed E-state index contributed by atoms with van der Waals surface area (Å²) >= 11 is 0. The molecular weight excluding hydrogens is 186 g/mol. The summed E-state index contributed by atoms with van der Waals surface area (Å²) in [6, 6.07) is 4.24. The van der Waals surface area contributed by atoms with Crippen LogP contribution in [0.2, 0.25) is 0 Å². The zero-order chi connectivity index (χ0) is 10.7. The molecule has 15 heavy (non-hydrogen) atoms. The van der Waals surface area contributed by atoms with Crippen LogP contribution >= 0.6 is 0 Å². The topological polar surface area (TPSA) is 42.1 Å². The van der Waals surface area contributed by atoms with Crippen molar-refractivity contribution < 1.29 is 0 Å². The van der Waals surface area contributed by atoms with Gasteiger partial charge in [-0.2, -0.15) is 0 Å². The van der Waals surface area contributed by atoms with E-state index in [1.807, 2.05) is 24.5 Å². The molecule has 1 unspecified atom stereocenters. The largest absolute Gasteiger partial charge is 0.324 e. The Bertz CT molecular complexity index is 291. The van der Waals surface area contributed by atoms with Gasteiger partial charge in [-0.05, 0) is 56.6 Å². The quantitative estimate of drug-likeness (QED) is 0.794. The Morgan fingerprint density at radius 1 is 1.33 bits per heavy atom. The highest BCUT2D eigenvalue weighted by Gasteiger charge is 2.23. The summed E-state index contributed by atoms with van der Waals surface area (Å²) in [5.41, 5.74) is 7.49. The molecule has 2 heterocycles. The summed E-state index contributed by atoms with van der Waals surface area (Å²) < 4.78 is 0. The van der Waals surface area contributed by atoms with Crippen LogP contribution in [0.25, 0.3) is 0 Å². The molecule has 1 fully saturated rings. The maximum atomic E-state index is 6.27. The zero-order valence-electron chi connectivity index (χ0n) is 9.26. The lowest BCUT2D eigenvalue weighted by atomic mass is 9.86. The number of aromatic nitrogens is 1. The fourth-order valence-electron chi connectivity index (χ4n) is 2.25. The van der Waals surface area contributed by atoms with Gasteiger partial charge in [0.1, 0.15) is 0 Å². The van der Waals surface area contributed by atoms with Crippen LogP contribution < -0.4 is 5.73 Å². The average Bonchev–Trinajstić information content (AvgIpc) is 2.30. The van der Waals surface area contributed by atoms with E-state index >= 15 is 0 Å². The third-order valence-electron chi connectivity index (χ3n) is 3.36. The highest BCUT2D eigenvalue weighted by Crippen LogP contribution is 2.27. The fraction of sp³-hybridized carbons (Fsp3) is 0.583.